The SMILES string of the molecule is CCOC(=O)[C@@H]1CNC[C@H](O)C1. The number of carbonyl (C=O) groups excluding carboxylic acids is 1. The van der Waals surface area contributed by atoms with Crippen molar-refractivity contribution < 1.29 is 14.6 Å². The third-order valence-electron chi connectivity index (χ3n) is 1.95. The normalized spacial score (nSPS) is 29.8. The highest BCUT2D eigenvalue weighted by Crippen LogP contribution is 2.11. The summed E-state index contributed by atoms with van der Waals surface area (Å²) in [7, 11) is 0. The van der Waals surface area contributed by atoms with Crippen LogP contribution < -0.4 is 5.32 Å². The summed E-state index contributed by atoms with van der Waals surface area (Å²) in [5.41, 5.74) is 0. The van der Waals surface area contributed by atoms with Gasteiger partial charge < -0.3 is 15.2 Å². The van der Waals surface area contributed by atoms with Crippen LogP contribution in [-0.4, -0.2) is 36.9 Å². The average Bonchev–Trinajstić information content (AvgIpc) is 2.05. The summed E-state index contributed by atoms with van der Waals surface area (Å²) in [5, 5.41) is 12.2. The lowest BCUT2D eigenvalue weighted by Gasteiger charge is -2.24. The second-order valence-electron chi connectivity index (χ2n) is 3.00. The molecule has 12 heavy (non-hydrogen) atoms. The van der Waals surface area contributed by atoms with E-state index in [2.05, 4.69) is 5.32 Å². The Balaban J connectivity index is 2.35. The van der Waals surface area contributed by atoms with E-state index >= 15 is 0 Å². The predicted molar refractivity (Wildman–Crippen MR) is 43.6 cm³/mol. The molecule has 1 fully saturated rings. The van der Waals surface area contributed by atoms with Crippen LogP contribution in [0.4, 0.5) is 0 Å². The first kappa shape index (κ1) is 9.48. The van der Waals surface area contributed by atoms with Crippen LogP contribution >= 0.6 is 0 Å². The fourth-order valence-electron chi connectivity index (χ4n) is 1.36. The molecule has 1 saturated heterocycles. The van der Waals surface area contributed by atoms with E-state index in [-0.39, 0.29) is 11.9 Å². The minimum Gasteiger partial charge on any atom is -0.466 e. The molecule has 1 rings (SSSR count). The minimum atomic E-state index is -0.409. The topological polar surface area (TPSA) is 58.6 Å². The number of β-amino-alcohol motifs (C(OH)–C–C–N with tert-alkyl or cyclic N) is 1. The monoisotopic (exact) mass is 173 g/mol. The Kier molecular flexibility index (Phi) is 3.49. The van der Waals surface area contributed by atoms with Crippen molar-refractivity contribution in [3.8, 4) is 0 Å². The molecule has 1 aliphatic heterocycles. The van der Waals surface area contributed by atoms with Crippen LogP contribution in [0.2, 0.25) is 0 Å². The largest absolute Gasteiger partial charge is 0.466 e. The molecule has 0 aromatic heterocycles. The number of carbonyl (C=O) groups is 1. The first-order valence-electron chi connectivity index (χ1n) is 4.29. The standard InChI is InChI=1S/C8H15NO3/c1-2-12-8(11)6-3-7(10)5-9-4-6/h6-7,9-10H,2-5H2,1H3/t6-,7+/m0/s1. The number of nitrogens with one attached hydrogen (secondary N) is 1. The highest BCUT2D eigenvalue weighted by molar-refractivity contribution is 5.72. The van der Waals surface area contributed by atoms with Crippen LogP contribution in [0.5, 0.6) is 0 Å². The van der Waals surface area contributed by atoms with E-state index in [1.54, 1.807) is 6.92 Å². The van der Waals surface area contributed by atoms with Crippen molar-refractivity contribution in [2.45, 2.75) is 19.4 Å². The van der Waals surface area contributed by atoms with Crippen molar-refractivity contribution in [2.24, 2.45) is 5.92 Å². The molecule has 1 heterocycles. The molecule has 0 aromatic carbocycles. The van der Waals surface area contributed by atoms with Gasteiger partial charge in [0.2, 0.25) is 0 Å². The summed E-state index contributed by atoms with van der Waals surface area (Å²) >= 11 is 0. The van der Waals surface area contributed by atoms with Gasteiger partial charge in [0.05, 0.1) is 18.6 Å². The molecular weight excluding hydrogens is 158 g/mol. The van der Waals surface area contributed by atoms with Crippen molar-refractivity contribution in [1.82, 2.24) is 5.32 Å². The lowest BCUT2D eigenvalue weighted by atomic mass is 9.98. The summed E-state index contributed by atoms with van der Waals surface area (Å²) < 4.78 is 4.84. The molecule has 0 radical (unpaired) electrons. The summed E-state index contributed by atoms with van der Waals surface area (Å²) in [6, 6.07) is 0. The average molecular weight is 173 g/mol. The Morgan fingerprint density at radius 2 is 2.42 bits per heavy atom. The summed E-state index contributed by atoms with van der Waals surface area (Å²) in [6.45, 7) is 3.39. The lowest BCUT2D eigenvalue weighted by Crippen LogP contribution is -2.42. The maximum absolute atomic E-state index is 11.2. The van der Waals surface area contributed by atoms with Gasteiger partial charge in [-0.2, -0.15) is 0 Å². The second-order valence-corrected chi connectivity index (χ2v) is 3.00. The molecule has 4 heteroatoms. The molecule has 0 amide bonds. The fourth-order valence-corrected chi connectivity index (χ4v) is 1.36. The number of aliphatic hydroxyl groups excluding tert-OH is 1. The first-order chi connectivity index (χ1) is 5.74. The van der Waals surface area contributed by atoms with Crippen LogP contribution in [0, 0.1) is 5.92 Å². The molecule has 4 nitrogen and oxygen atoms in total. The van der Waals surface area contributed by atoms with Gasteiger partial charge in [-0.15, -0.1) is 0 Å². The van der Waals surface area contributed by atoms with Gasteiger partial charge in [0.1, 0.15) is 0 Å². The number of ether oxygens (including phenoxy) is 1. The fraction of sp³-hybridized carbons (Fsp3) is 0.875. The Bertz CT molecular complexity index is 160. The van der Waals surface area contributed by atoms with Crippen molar-refractivity contribution in [3.63, 3.8) is 0 Å². The van der Waals surface area contributed by atoms with Crippen LogP contribution in [0.3, 0.4) is 0 Å². The Morgan fingerprint density at radius 3 is 3.00 bits per heavy atom. The van der Waals surface area contributed by atoms with Gasteiger partial charge in [0, 0.05) is 13.1 Å². The molecule has 70 valence electrons. The van der Waals surface area contributed by atoms with E-state index in [9.17, 15) is 9.90 Å². The zero-order valence-electron chi connectivity index (χ0n) is 7.25. The maximum atomic E-state index is 11.2. The van der Waals surface area contributed by atoms with E-state index in [4.69, 9.17) is 4.74 Å². The quantitative estimate of drug-likeness (QED) is 0.554. The molecule has 0 aliphatic carbocycles. The van der Waals surface area contributed by atoms with Gasteiger partial charge in [-0.3, -0.25) is 4.79 Å². The van der Waals surface area contributed by atoms with Gasteiger partial charge in [0.15, 0.2) is 0 Å². The number of hydrogen-bond donors (Lipinski definition) is 2. The zero-order chi connectivity index (χ0) is 8.97. The van der Waals surface area contributed by atoms with Crippen LogP contribution in [0.25, 0.3) is 0 Å². The number of rotatable bonds is 2. The molecule has 0 aromatic rings. The number of esters is 1. The highest BCUT2D eigenvalue weighted by atomic mass is 16.5. The molecule has 0 bridgehead atoms. The number of aliphatic hydroxyl groups is 1. The Labute approximate surface area is 71.9 Å². The summed E-state index contributed by atoms with van der Waals surface area (Å²) in [5.74, 6) is -0.377. The van der Waals surface area contributed by atoms with Gasteiger partial charge in [-0.05, 0) is 13.3 Å². The summed E-state index contributed by atoms with van der Waals surface area (Å²) in [4.78, 5) is 11.2. The minimum absolute atomic E-state index is 0.173. The van der Waals surface area contributed by atoms with Crippen molar-refractivity contribution >= 4 is 5.97 Å². The van der Waals surface area contributed by atoms with Crippen molar-refractivity contribution in [3.05, 3.63) is 0 Å². The van der Waals surface area contributed by atoms with Gasteiger partial charge in [-0.25, -0.2) is 0 Å². The van der Waals surface area contributed by atoms with E-state index < -0.39 is 6.10 Å². The molecule has 0 spiro atoms. The molecule has 0 saturated carbocycles. The van der Waals surface area contributed by atoms with E-state index in [0.29, 0.717) is 26.1 Å². The first-order valence-corrected chi connectivity index (χ1v) is 4.29. The smallest absolute Gasteiger partial charge is 0.310 e. The third-order valence-corrected chi connectivity index (χ3v) is 1.95. The summed E-state index contributed by atoms with van der Waals surface area (Å²) in [6.07, 6.45) is 0.111. The van der Waals surface area contributed by atoms with Gasteiger partial charge in [-0.1, -0.05) is 0 Å². The van der Waals surface area contributed by atoms with Crippen LogP contribution in [0.15, 0.2) is 0 Å². The molecular formula is C8H15NO3. The van der Waals surface area contributed by atoms with E-state index in [1.807, 2.05) is 0 Å². The third kappa shape index (κ3) is 2.46. The Morgan fingerprint density at radius 1 is 1.67 bits per heavy atom. The predicted octanol–water partition coefficient (Wildman–Crippen LogP) is -0.480. The number of hydrogen-bond acceptors (Lipinski definition) is 4. The molecule has 2 N–H and O–H groups in total. The molecule has 1 aliphatic rings. The highest BCUT2D eigenvalue weighted by Gasteiger charge is 2.26. The number of piperidine rings is 1. The van der Waals surface area contributed by atoms with Crippen molar-refractivity contribution in [2.75, 3.05) is 19.7 Å². The van der Waals surface area contributed by atoms with Gasteiger partial charge >= 0.3 is 5.97 Å². The molecule has 0 unspecified atom stereocenters. The molecule has 2 atom stereocenters. The second kappa shape index (κ2) is 4.42. The zero-order valence-corrected chi connectivity index (χ0v) is 7.25. The van der Waals surface area contributed by atoms with E-state index in [1.165, 1.54) is 0 Å². The lowest BCUT2D eigenvalue weighted by molar-refractivity contribution is -0.149. The van der Waals surface area contributed by atoms with Crippen molar-refractivity contribution in [1.29, 1.82) is 0 Å². The Hall–Kier alpha value is -0.610. The van der Waals surface area contributed by atoms with E-state index in [0.717, 1.165) is 0 Å². The van der Waals surface area contributed by atoms with Crippen LogP contribution in [-0.2, 0) is 9.53 Å². The van der Waals surface area contributed by atoms with Gasteiger partial charge in [0.25, 0.3) is 0 Å². The van der Waals surface area contributed by atoms with Crippen LogP contribution in [0.1, 0.15) is 13.3 Å². The maximum Gasteiger partial charge on any atom is 0.310 e.